The van der Waals surface area contributed by atoms with Crippen LogP contribution in [0.15, 0.2) is 59.7 Å². The zero-order valence-corrected chi connectivity index (χ0v) is 24.4. The van der Waals surface area contributed by atoms with Gasteiger partial charge in [0.2, 0.25) is 11.8 Å². The van der Waals surface area contributed by atoms with Gasteiger partial charge >= 0.3 is 6.09 Å². The van der Waals surface area contributed by atoms with E-state index < -0.39 is 18.0 Å². The lowest BCUT2D eigenvalue weighted by Crippen LogP contribution is -2.30. The summed E-state index contributed by atoms with van der Waals surface area (Å²) in [7, 11) is 1.25. The number of benzene rings is 2. The molecule has 13 nitrogen and oxygen atoms in total. The average Bonchev–Trinajstić information content (AvgIpc) is 3.36. The zero-order valence-electron chi connectivity index (χ0n) is 22.9. The van der Waals surface area contributed by atoms with E-state index in [9.17, 15) is 14.4 Å². The van der Waals surface area contributed by atoms with Crippen LogP contribution in [-0.2, 0) is 14.3 Å². The second kappa shape index (κ2) is 14.4. The number of anilines is 3. The summed E-state index contributed by atoms with van der Waals surface area (Å²) >= 11 is 12.7. The fourth-order valence-electron chi connectivity index (χ4n) is 4.24. The molecule has 2 bridgehead atoms. The van der Waals surface area contributed by atoms with E-state index in [1.807, 2.05) is 12.2 Å². The maximum atomic E-state index is 13.1. The van der Waals surface area contributed by atoms with Crippen LogP contribution in [-0.4, -0.2) is 41.3 Å². The van der Waals surface area contributed by atoms with E-state index in [4.69, 9.17) is 34.9 Å². The molecule has 0 spiro atoms. The highest BCUT2D eigenvalue weighted by atomic mass is 35.5. The van der Waals surface area contributed by atoms with Crippen molar-refractivity contribution in [3.05, 3.63) is 76.2 Å². The lowest BCUT2D eigenvalue weighted by atomic mass is 10.1. The highest BCUT2D eigenvalue weighted by Gasteiger charge is 2.22. The molecule has 1 aromatic heterocycles. The number of allylic oxidation sites excluding steroid dienone is 1. The topological polar surface area (TPSA) is 193 Å². The number of nitrogens with two attached hydrogens (primary N) is 2. The number of hydrogen-bond acceptors (Lipinski definition) is 8. The molecule has 1 aliphatic rings. The number of hydrazone groups is 1. The predicted molar refractivity (Wildman–Crippen MR) is 167 cm³/mol. The van der Waals surface area contributed by atoms with Crippen LogP contribution in [0.4, 0.5) is 21.9 Å². The standard InChI is InChI=1S/C28H29Cl2N9O4/c1-43-28(42)34-18-9-10-19-21(14-18)36-23(40)6-4-2-3-5-20(27-37-25(19)26(30)38-27)35-24(41)12-7-16-13-17(29)8-11-22(16)39(32)15-33-31/h2-3,7-15,20H,4-6,31-32H2,1H3,(H,34,42)(H,35,41)(H,36,40)(H,37,38)/b3-2+,12-7+,33-15-/t20-/m0/s1. The number of fused-ring (bicyclic) bond motifs is 4. The molecule has 4 rings (SSSR count). The fourth-order valence-corrected chi connectivity index (χ4v) is 4.66. The number of halogens is 2. The fraction of sp³-hybridized carbons (Fsp3) is 0.179. The monoisotopic (exact) mass is 625 g/mol. The molecular formula is C28H29Cl2N9O4. The molecule has 0 radical (unpaired) electrons. The molecule has 43 heavy (non-hydrogen) atoms. The Bertz CT molecular complexity index is 1600. The van der Waals surface area contributed by atoms with Gasteiger partial charge in [-0.05, 0) is 55.3 Å². The number of methoxy groups -OCH3 is 1. The van der Waals surface area contributed by atoms with Crippen molar-refractivity contribution in [2.24, 2.45) is 16.8 Å². The van der Waals surface area contributed by atoms with Crippen LogP contribution in [0, 0.1) is 0 Å². The van der Waals surface area contributed by atoms with Crippen molar-refractivity contribution in [3.8, 4) is 11.3 Å². The third kappa shape index (κ3) is 8.13. The van der Waals surface area contributed by atoms with Crippen molar-refractivity contribution in [3.63, 3.8) is 0 Å². The van der Waals surface area contributed by atoms with Gasteiger partial charge in [0.1, 0.15) is 23.0 Å². The summed E-state index contributed by atoms with van der Waals surface area (Å²) in [6.07, 6.45) is 8.20. The van der Waals surface area contributed by atoms with Crippen LogP contribution < -0.4 is 32.6 Å². The van der Waals surface area contributed by atoms with Crippen LogP contribution in [0.5, 0.6) is 0 Å². The molecule has 0 aliphatic carbocycles. The number of aromatic amines is 1. The molecule has 1 atom stereocenters. The van der Waals surface area contributed by atoms with Crippen LogP contribution in [0.2, 0.25) is 10.2 Å². The quantitative estimate of drug-likeness (QED) is 0.0566. The van der Waals surface area contributed by atoms with E-state index in [2.05, 4.69) is 35.8 Å². The summed E-state index contributed by atoms with van der Waals surface area (Å²) < 4.78 is 4.66. The van der Waals surface area contributed by atoms with Gasteiger partial charge in [0.25, 0.3) is 0 Å². The Morgan fingerprint density at radius 1 is 1.21 bits per heavy atom. The Kier molecular flexibility index (Phi) is 10.4. The third-order valence-electron chi connectivity index (χ3n) is 6.25. The molecule has 15 heteroatoms. The Balaban J connectivity index is 1.64. The molecule has 2 aromatic carbocycles. The minimum Gasteiger partial charge on any atom is -0.453 e. The van der Waals surface area contributed by atoms with E-state index >= 15 is 0 Å². The largest absolute Gasteiger partial charge is 0.453 e. The minimum absolute atomic E-state index is 0.197. The number of ether oxygens (including phenoxy) is 1. The number of nitrogens with one attached hydrogen (secondary N) is 4. The number of rotatable bonds is 6. The van der Waals surface area contributed by atoms with Gasteiger partial charge in [-0.1, -0.05) is 35.4 Å². The van der Waals surface area contributed by atoms with E-state index in [0.717, 1.165) is 0 Å². The molecule has 1 aliphatic heterocycles. The van der Waals surface area contributed by atoms with Crippen molar-refractivity contribution in [2.75, 3.05) is 22.8 Å². The van der Waals surface area contributed by atoms with E-state index in [-0.39, 0.29) is 17.5 Å². The van der Waals surface area contributed by atoms with Crippen LogP contribution in [0.3, 0.4) is 0 Å². The van der Waals surface area contributed by atoms with Gasteiger partial charge in [0.15, 0.2) is 0 Å². The first kappa shape index (κ1) is 31.1. The molecule has 3 amide bonds. The Hall–Kier alpha value is -4.85. The van der Waals surface area contributed by atoms with Crippen LogP contribution in [0.25, 0.3) is 17.3 Å². The summed E-state index contributed by atoms with van der Waals surface area (Å²) in [5.41, 5.74) is 2.71. The molecule has 224 valence electrons. The lowest BCUT2D eigenvalue weighted by molar-refractivity contribution is -0.117. The first-order chi connectivity index (χ1) is 20.7. The molecule has 3 aromatic rings. The Labute approximate surface area is 256 Å². The van der Waals surface area contributed by atoms with Gasteiger partial charge < -0.3 is 26.2 Å². The maximum Gasteiger partial charge on any atom is 0.411 e. The highest BCUT2D eigenvalue weighted by Crippen LogP contribution is 2.35. The Morgan fingerprint density at radius 2 is 2.02 bits per heavy atom. The number of hydrogen-bond donors (Lipinski definition) is 6. The van der Waals surface area contributed by atoms with Gasteiger partial charge in [-0.15, -0.1) is 0 Å². The second-order valence-electron chi connectivity index (χ2n) is 9.22. The van der Waals surface area contributed by atoms with Crippen molar-refractivity contribution in [1.29, 1.82) is 0 Å². The lowest BCUT2D eigenvalue weighted by Gasteiger charge is -2.16. The maximum absolute atomic E-state index is 13.1. The number of amides is 3. The van der Waals surface area contributed by atoms with Crippen molar-refractivity contribution in [2.45, 2.75) is 25.3 Å². The number of hydrazine groups is 1. The van der Waals surface area contributed by atoms with E-state index in [1.165, 1.54) is 24.5 Å². The highest BCUT2D eigenvalue weighted by molar-refractivity contribution is 6.32. The number of nitrogens with zero attached hydrogens (tertiary/aromatic N) is 3. The van der Waals surface area contributed by atoms with Gasteiger partial charge in [-0.3, -0.25) is 19.9 Å². The van der Waals surface area contributed by atoms with E-state index in [1.54, 1.807) is 42.5 Å². The van der Waals surface area contributed by atoms with Gasteiger partial charge in [0, 0.05) is 34.3 Å². The number of imidazole rings is 1. The van der Waals surface area contributed by atoms with Gasteiger partial charge in [0.05, 0.1) is 24.5 Å². The van der Waals surface area contributed by atoms with Crippen molar-refractivity contribution >= 4 is 70.6 Å². The molecule has 0 unspecified atom stereocenters. The molecular weight excluding hydrogens is 597 g/mol. The number of carbonyl (C=O) groups is 3. The van der Waals surface area contributed by atoms with Gasteiger partial charge in [-0.2, -0.15) is 5.10 Å². The first-order valence-electron chi connectivity index (χ1n) is 12.9. The first-order valence-corrected chi connectivity index (χ1v) is 13.7. The van der Waals surface area contributed by atoms with Gasteiger partial charge in [-0.25, -0.2) is 15.6 Å². The summed E-state index contributed by atoms with van der Waals surface area (Å²) in [6, 6.07) is 9.24. The molecule has 0 saturated carbocycles. The van der Waals surface area contributed by atoms with Crippen LogP contribution >= 0.6 is 23.2 Å². The summed E-state index contributed by atoms with van der Waals surface area (Å²) in [5, 5.41) is 13.6. The number of carbonyl (C=O) groups excluding carboxylic acids is 3. The smallest absolute Gasteiger partial charge is 0.411 e. The van der Waals surface area contributed by atoms with Crippen molar-refractivity contribution < 1.29 is 19.1 Å². The zero-order chi connectivity index (χ0) is 30.9. The number of aromatic nitrogens is 2. The second-order valence-corrected chi connectivity index (χ2v) is 10.0. The predicted octanol–water partition coefficient (Wildman–Crippen LogP) is 4.69. The third-order valence-corrected chi connectivity index (χ3v) is 6.76. The minimum atomic E-state index is -0.662. The molecule has 8 N–H and O–H groups in total. The Morgan fingerprint density at radius 3 is 2.79 bits per heavy atom. The normalized spacial score (nSPS) is 15.9. The molecule has 2 heterocycles. The average molecular weight is 627 g/mol. The molecule has 0 fully saturated rings. The van der Waals surface area contributed by atoms with E-state index in [0.29, 0.717) is 57.6 Å². The SMILES string of the molecule is COC(=O)Nc1ccc2c(c1)NC(=O)CC/C=C/C[C@H](NC(=O)/C=C/c1cc(Cl)ccc1N(N)/C=N\N)c1nc-2c(Cl)[nH]1. The molecule has 0 saturated heterocycles. The van der Waals surface area contributed by atoms with Crippen molar-refractivity contribution in [1.82, 2.24) is 15.3 Å². The summed E-state index contributed by atoms with van der Waals surface area (Å²) in [6.45, 7) is 0. The van der Waals surface area contributed by atoms with Crippen LogP contribution in [0.1, 0.15) is 36.7 Å². The summed E-state index contributed by atoms with van der Waals surface area (Å²) in [5.74, 6) is 10.9. The summed E-state index contributed by atoms with van der Waals surface area (Å²) in [4.78, 5) is 45.2. The number of H-pyrrole nitrogens is 1.